The van der Waals surface area contributed by atoms with E-state index in [1.165, 1.54) is 0 Å². The fourth-order valence-corrected chi connectivity index (χ4v) is 2.05. The SMILES string of the molecule is Cn1cnc2cccc(OCCCNC(C)(C)CN)c21. The van der Waals surface area contributed by atoms with E-state index in [-0.39, 0.29) is 5.54 Å². The molecule has 0 saturated heterocycles. The lowest BCUT2D eigenvalue weighted by Gasteiger charge is -2.24. The van der Waals surface area contributed by atoms with Crippen molar-refractivity contribution in [3.63, 3.8) is 0 Å². The highest BCUT2D eigenvalue weighted by molar-refractivity contribution is 5.81. The number of nitrogens with two attached hydrogens (primary N) is 1. The maximum Gasteiger partial charge on any atom is 0.145 e. The number of fused-ring (bicyclic) bond motifs is 1. The van der Waals surface area contributed by atoms with Crippen molar-refractivity contribution < 1.29 is 4.74 Å². The molecule has 0 aliphatic rings. The van der Waals surface area contributed by atoms with Crippen molar-refractivity contribution in [2.45, 2.75) is 25.8 Å². The molecule has 0 saturated carbocycles. The number of hydrogen-bond donors (Lipinski definition) is 2. The molecule has 20 heavy (non-hydrogen) atoms. The van der Waals surface area contributed by atoms with E-state index in [1.54, 1.807) is 0 Å². The van der Waals surface area contributed by atoms with Crippen molar-refractivity contribution in [2.75, 3.05) is 19.7 Å². The zero-order valence-electron chi connectivity index (χ0n) is 12.5. The summed E-state index contributed by atoms with van der Waals surface area (Å²) >= 11 is 0. The van der Waals surface area contributed by atoms with Crippen LogP contribution in [0.15, 0.2) is 24.5 Å². The van der Waals surface area contributed by atoms with Gasteiger partial charge in [-0.2, -0.15) is 0 Å². The number of para-hydroxylation sites is 1. The number of aromatic nitrogens is 2. The molecule has 0 unspecified atom stereocenters. The van der Waals surface area contributed by atoms with Gasteiger partial charge in [-0.05, 0) is 38.9 Å². The highest BCUT2D eigenvalue weighted by Crippen LogP contribution is 2.24. The van der Waals surface area contributed by atoms with E-state index in [0.717, 1.165) is 29.7 Å². The van der Waals surface area contributed by atoms with Crippen molar-refractivity contribution in [3.05, 3.63) is 24.5 Å². The van der Waals surface area contributed by atoms with Crippen molar-refractivity contribution in [2.24, 2.45) is 12.8 Å². The fourth-order valence-electron chi connectivity index (χ4n) is 2.05. The van der Waals surface area contributed by atoms with Gasteiger partial charge < -0.3 is 20.4 Å². The number of ether oxygens (including phenoxy) is 1. The second-order valence-corrected chi connectivity index (χ2v) is 5.70. The molecule has 1 aromatic carbocycles. The number of hydrogen-bond acceptors (Lipinski definition) is 4. The Morgan fingerprint density at radius 1 is 1.40 bits per heavy atom. The smallest absolute Gasteiger partial charge is 0.145 e. The van der Waals surface area contributed by atoms with Crippen molar-refractivity contribution in [1.82, 2.24) is 14.9 Å². The first kappa shape index (κ1) is 14.8. The van der Waals surface area contributed by atoms with E-state index >= 15 is 0 Å². The summed E-state index contributed by atoms with van der Waals surface area (Å²) < 4.78 is 7.86. The lowest BCUT2D eigenvalue weighted by molar-refractivity contribution is 0.297. The molecule has 0 radical (unpaired) electrons. The van der Waals surface area contributed by atoms with Crippen LogP contribution in [-0.2, 0) is 7.05 Å². The molecule has 0 spiro atoms. The molecule has 2 aromatic rings. The minimum absolute atomic E-state index is 0.0119. The molecule has 1 aromatic heterocycles. The van der Waals surface area contributed by atoms with Crippen LogP contribution in [0.1, 0.15) is 20.3 Å². The second-order valence-electron chi connectivity index (χ2n) is 5.70. The summed E-state index contributed by atoms with van der Waals surface area (Å²) in [5.41, 5.74) is 7.67. The quantitative estimate of drug-likeness (QED) is 0.755. The van der Waals surface area contributed by atoms with Gasteiger partial charge in [-0.15, -0.1) is 0 Å². The van der Waals surface area contributed by atoms with Crippen LogP contribution in [0.25, 0.3) is 11.0 Å². The summed E-state index contributed by atoms with van der Waals surface area (Å²) in [6, 6.07) is 5.95. The summed E-state index contributed by atoms with van der Waals surface area (Å²) in [6.45, 7) is 6.40. The number of benzene rings is 1. The molecule has 110 valence electrons. The first-order chi connectivity index (χ1) is 9.53. The van der Waals surface area contributed by atoms with E-state index in [0.29, 0.717) is 13.2 Å². The normalized spacial score (nSPS) is 12.0. The van der Waals surface area contributed by atoms with Gasteiger partial charge in [0.25, 0.3) is 0 Å². The van der Waals surface area contributed by atoms with E-state index < -0.39 is 0 Å². The third kappa shape index (κ3) is 3.49. The lowest BCUT2D eigenvalue weighted by Crippen LogP contribution is -2.46. The number of rotatable bonds is 7. The Balaban J connectivity index is 1.86. The van der Waals surface area contributed by atoms with Gasteiger partial charge in [0.15, 0.2) is 0 Å². The molecule has 0 fully saturated rings. The van der Waals surface area contributed by atoms with Gasteiger partial charge in [-0.25, -0.2) is 4.98 Å². The van der Waals surface area contributed by atoms with Crippen LogP contribution in [0, 0.1) is 0 Å². The Hall–Kier alpha value is -1.59. The van der Waals surface area contributed by atoms with Gasteiger partial charge in [-0.1, -0.05) is 6.07 Å². The summed E-state index contributed by atoms with van der Waals surface area (Å²) in [4.78, 5) is 4.32. The number of nitrogens with zero attached hydrogens (tertiary/aromatic N) is 2. The Bertz CT molecular complexity index is 562. The molecule has 0 aliphatic carbocycles. The topological polar surface area (TPSA) is 65.1 Å². The summed E-state index contributed by atoms with van der Waals surface area (Å²) in [7, 11) is 1.98. The van der Waals surface area contributed by atoms with Crippen LogP contribution in [0.3, 0.4) is 0 Å². The number of nitrogens with one attached hydrogen (secondary N) is 1. The molecule has 5 nitrogen and oxygen atoms in total. The van der Waals surface area contributed by atoms with Crippen molar-refractivity contribution in [3.8, 4) is 5.75 Å². The second kappa shape index (κ2) is 6.24. The fraction of sp³-hybridized carbons (Fsp3) is 0.533. The molecular formula is C15H24N4O. The van der Waals surface area contributed by atoms with E-state index in [9.17, 15) is 0 Å². The van der Waals surface area contributed by atoms with E-state index in [4.69, 9.17) is 10.5 Å². The molecule has 0 atom stereocenters. The average Bonchev–Trinajstić information content (AvgIpc) is 2.81. The predicted molar refractivity (Wildman–Crippen MR) is 82.0 cm³/mol. The highest BCUT2D eigenvalue weighted by atomic mass is 16.5. The predicted octanol–water partition coefficient (Wildman–Crippen LogP) is 1.67. The van der Waals surface area contributed by atoms with Crippen LogP contribution < -0.4 is 15.8 Å². The molecule has 0 amide bonds. The highest BCUT2D eigenvalue weighted by Gasteiger charge is 2.13. The van der Waals surface area contributed by atoms with Gasteiger partial charge in [-0.3, -0.25) is 0 Å². The Morgan fingerprint density at radius 2 is 2.20 bits per heavy atom. The maximum absolute atomic E-state index is 5.87. The molecule has 2 rings (SSSR count). The maximum atomic E-state index is 5.87. The molecule has 0 aliphatic heterocycles. The van der Waals surface area contributed by atoms with Crippen molar-refractivity contribution >= 4 is 11.0 Å². The third-order valence-corrected chi connectivity index (χ3v) is 3.39. The molecular weight excluding hydrogens is 252 g/mol. The Morgan fingerprint density at radius 3 is 2.95 bits per heavy atom. The molecule has 1 heterocycles. The molecule has 5 heteroatoms. The first-order valence-electron chi connectivity index (χ1n) is 7.01. The van der Waals surface area contributed by atoms with Crippen LogP contribution >= 0.6 is 0 Å². The van der Waals surface area contributed by atoms with Crippen molar-refractivity contribution in [1.29, 1.82) is 0 Å². The first-order valence-corrected chi connectivity index (χ1v) is 7.01. The number of aryl methyl sites for hydroxylation is 1. The van der Waals surface area contributed by atoms with Gasteiger partial charge >= 0.3 is 0 Å². The lowest BCUT2D eigenvalue weighted by atomic mass is 10.1. The summed E-state index contributed by atoms with van der Waals surface area (Å²) in [6.07, 6.45) is 2.75. The molecule has 0 bridgehead atoms. The van der Waals surface area contributed by atoms with Gasteiger partial charge in [0.2, 0.25) is 0 Å². The van der Waals surface area contributed by atoms with Gasteiger partial charge in [0.05, 0.1) is 18.5 Å². The van der Waals surface area contributed by atoms with Crippen LogP contribution in [0.2, 0.25) is 0 Å². The van der Waals surface area contributed by atoms with Gasteiger partial charge in [0, 0.05) is 19.1 Å². The molecule has 3 N–H and O–H groups in total. The third-order valence-electron chi connectivity index (χ3n) is 3.39. The Kier molecular flexibility index (Phi) is 4.62. The van der Waals surface area contributed by atoms with E-state index in [2.05, 4.69) is 24.1 Å². The minimum atomic E-state index is -0.0119. The van der Waals surface area contributed by atoms with Crippen LogP contribution in [0.5, 0.6) is 5.75 Å². The van der Waals surface area contributed by atoms with Crippen LogP contribution in [-0.4, -0.2) is 34.8 Å². The standard InChI is InChI=1S/C15H24N4O/c1-15(2,10-16)18-8-5-9-20-13-7-4-6-12-14(13)19(3)11-17-12/h4,6-7,11,18H,5,8-10,16H2,1-3H3. The van der Waals surface area contributed by atoms with E-state index in [1.807, 2.05) is 36.1 Å². The average molecular weight is 276 g/mol. The zero-order chi connectivity index (χ0) is 14.6. The minimum Gasteiger partial charge on any atom is -0.491 e. The summed E-state index contributed by atoms with van der Waals surface area (Å²) in [5, 5.41) is 3.42. The number of imidazole rings is 1. The van der Waals surface area contributed by atoms with Gasteiger partial charge in [0.1, 0.15) is 11.3 Å². The van der Waals surface area contributed by atoms with Crippen LogP contribution in [0.4, 0.5) is 0 Å². The summed E-state index contributed by atoms with van der Waals surface area (Å²) in [5.74, 6) is 0.889. The Labute approximate surface area is 120 Å². The monoisotopic (exact) mass is 276 g/mol. The zero-order valence-corrected chi connectivity index (χ0v) is 12.5. The largest absolute Gasteiger partial charge is 0.491 e.